The Bertz CT molecular complexity index is 1570. The van der Waals surface area contributed by atoms with Gasteiger partial charge in [0, 0.05) is 17.1 Å². The first-order valence-corrected chi connectivity index (χ1v) is 12.9. The molecule has 0 bridgehead atoms. The number of nitrogens with one attached hydrogen (secondary N) is 1. The van der Waals surface area contributed by atoms with Crippen LogP contribution in [-0.2, 0) is 19.4 Å². The van der Waals surface area contributed by atoms with Crippen LogP contribution in [0, 0.1) is 0 Å². The molecule has 0 spiro atoms. The summed E-state index contributed by atoms with van der Waals surface area (Å²) < 4.78 is 37.3. The molecule has 0 saturated carbocycles. The first-order chi connectivity index (χ1) is 16.5. The van der Waals surface area contributed by atoms with Crippen molar-refractivity contribution >= 4 is 59.8 Å². The lowest BCUT2D eigenvalue weighted by molar-refractivity contribution is -0.136. The zero-order chi connectivity index (χ0) is 25.4. The molecular formula is C24H24N4O5S2. The summed E-state index contributed by atoms with van der Waals surface area (Å²) in [5, 5.41) is 3.74. The van der Waals surface area contributed by atoms with E-state index in [1.54, 1.807) is 37.6 Å². The molecule has 4 aromatic rings. The number of aromatic nitrogens is 3. The van der Waals surface area contributed by atoms with E-state index in [1.165, 1.54) is 32.5 Å². The highest BCUT2D eigenvalue weighted by Gasteiger charge is 2.34. The third-order valence-electron chi connectivity index (χ3n) is 5.26. The lowest BCUT2D eigenvalue weighted by Crippen LogP contribution is -2.28. The van der Waals surface area contributed by atoms with Crippen LogP contribution in [0.4, 0.5) is 11.5 Å². The molecule has 9 nitrogen and oxygen atoms in total. The average Bonchev–Trinajstić information content (AvgIpc) is 3.28. The van der Waals surface area contributed by atoms with E-state index in [1.807, 2.05) is 18.2 Å². The van der Waals surface area contributed by atoms with E-state index in [2.05, 4.69) is 25.0 Å². The molecule has 0 aliphatic heterocycles. The van der Waals surface area contributed by atoms with Gasteiger partial charge in [-0.1, -0.05) is 0 Å². The highest BCUT2D eigenvalue weighted by molar-refractivity contribution is 7.92. The van der Waals surface area contributed by atoms with E-state index in [0.717, 1.165) is 22.2 Å². The summed E-state index contributed by atoms with van der Waals surface area (Å²) in [6, 6.07) is 8.77. The molecule has 0 aliphatic carbocycles. The van der Waals surface area contributed by atoms with Crippen molar-refractivity contribution in [3.8, 4) is 5.75 Å². The molecule has 2 heterocycles. The van der Waals surface area contributed by atoms with E-state index < -0.39 is 20.6 Å². The van der Waals surface area contributed by atoms with Crippen LogP contribution in [0.15, 0.2) is 58.9 Å². The minimum absolute atomic E-state index is 0.0424. The number of thiazole rings is 1. The lowest BCUT2D eigenvalue weighted by Gasteiger charge is -2.21. The number of methoxy groups -OCH3 is 1. The van der Waals surface area contributed by atoms with Gasteiger partial charge in [0.05, 0.1) is 38.7 Å². The molecule has 182 valence electrons. The molecule has 0 unspecified atom stereocenters. The van der Waals surface area contributed by atoms with Gasteiger partial charge in [-0.2, -0.15) is 0 Å². The van der Waals surface area contributed by atoms with Crippen LogP contribution in [0.5, 0.6) is 5.75 Å². The normalized spacial score (nSPS) is 12.7. The molecule has 1 N–H and O–H groups in total. The molecule has 2 aromatic carbocycles. The number of carbonyl (C=O) groups is 1. The second kappa shape index (κ2) is 9.23. The summed E-state index contributed by atoms with van der Waals surface area (Å²) in [4.78, 5) is 24.7. The van der Waals surface area contributed by atoms with Gasteiger partial charge in [-0.05, 0) is 52.0 Å². The Morgan fingerprint density at radius 2 is 1.86 bits per heavy atom. The number of benzene rings is 2. The largest absolute Gasteiger partial charge is 0.466 e. The average molecular weight is 513 g/mol. The monoisotopic (exact) mass is 512 g/mol. The van der Waals surface area contributed by atoms with Gasteiger partial charge in [0.1, 0.15) is 29.1 Å². The highest BCUT2D eigenvalue weighted by atomic mass is 32.2. The van der Waals surface area contributed by atoms with Gasteiger partial charge in [-0.25, -0.2) is 28.2 Å². The number of hydrogen-bond acceptors (Lipinski definition) is 10. The Morgan fingerprint density at radius 3 is 2.57 bits per heavy atom. The number of carbonyl (C=O) groups excluding carboxylic acids is 1. The molecule has 0 fully saturated rings. The Balaban J connectivity index is 1.85. The summed E-state index contributed by atoms with van der Waals surface area (Å²) in [5.41, 5.74) is 4.01. The van der Waals surface area contributed by atoms with Crippen LogP contribution in [0.1, 0.15) is 27.7 Å². The first kappa shape index (κ1) is 24.6. The summed E-state index contributed by atoms with van der Waals surface area (Å²) in [6.45, 7) is 6.33. The highest BCUT2D eigenvalue weighted by Crippen LogP contribution is 2.37. The van der Waals surface area contributed by atoms with Crippen molar-refractivity contribution in [3.05, 3.63) is 54.0 Å². The summed E-state index contributed by atoms with van der Waals surface area (Å²) in [5.74, 6) is -0.107. The molecule has 35 heavy (non-hydrogen) atoms. The number of rotatable bonds is 6. The molecule has 4 rings (SSSR count). The zero-order valence-electron chi connectivity index (χ0n) is 19.8. The fourth-order valence-electron chi connectivity index (χ4n) is 3.23. The molecular weight excluding hydrogens is 488 g/mol. The number of ether oxygens (including phenoxy) is 2. The Kier molecular flexibility index (Phi) is 6.48. The van der Waals surface area contributed by atoms with Crippen molar-refractivity contribution < 1.29 is 22.7 Å². The van der Waals surface area contributed by atoms with Crippen LogP contribution in [0.2, 0.25) is 0 Å². The van der Waals surface area contributed by atoms with Crippen LogP contribution in [0.3, 0.4) is 0 Å². The number of sulfone groups is 1. The summed E-state index contributed by atoms with van der Waals surface area (Å²) >= 11 is 1.54. The maximum absolute atomic E-state index is 13.5. The topological polar surface area (TPSA) is 120 Å². The molecule has 11 heteroatoms. The van der Waals surface area contributed by atoms with Crippen molar-refractivity contribution in [2.45, 2.75) is 37.3 Å². The molecule has 0 amide bonds. The second-order valence-electron chi connectivity index (χ2n) is 8.72. The van der Waals surface area contributed by atoms with Gasteiger partial charge in [0.15, 0.2) is 9.84 Å². The van der Waals surface area contributed by atoms with Gasteiger partial charge < -0.3 is 14.8 Å². The third kappa shape index (κ3) is 4.82. The van der Waals surface area contributed by atoms with E-state index in [0.29, 0.717) is 16.7 Å². The summed E-state index contributed by atoms with van der Waals surface area (Å²) in [7, 11) is -2.59. The van der Waals surface area contributed by atoms with Crippen LogP contribution >= 0.6 is 11.3 Å². The minimum Gasteiger partial charge on any atom is -0.466 e. The standard InChI is InChI=1S/C24H24N4O5S2/c1-14(23(29)32-5)11-33-19-10-17-16(9-21(19)35(30,31)24(2,3)4)22(26-12-25-17)28-15-6-7-20-18(8-15)27-13-34-20/h6-13H,1-5H3,(H,25,26,28)/b14-11+. The van der Waals surface area contributed by atoms with Gasteiger partial charge in [-0.3, -0.25) is 0 Å². The quantitative estimate of drug-likeness (QED) is 0.216. The molecule has 0 aliphatic rings. The van der Waals surface area contributed by atoms with Crippen molar-refractivity contribution in [2.75, 3.05) is 12.4 Å². The fraction of sp³-hybridized carbons (Fsp3) is 0.250. The van der Waals surface area contributed by atoms with Gasteiger partial charge in [0.25, 0.3) is 0 Å². The SMILES string of the molecule is COC(=O)/C(C)=C/Oc1cc2ncnc(Nc3ccc4scnc4c3)c2cc1S(=O)(=O)C(C)(C)C. The fourth-order valence-corrected chi connectivity index (χ4v) is 5.19. The maximum Gasteiger partial charge on any atom is 0.336 e. The molecule has 0 saturated heterocycles. The van der Waals surface area contributed by atoms with Gasteiger partial charge in [-0.15, -0.1) is 11.3 Å². The lowest BCUT2D eigenvalue weighted by atomic mass is 10.2. The molecule has 0 radical (unpaired) electrons. The molecule has 0 atom stereocenters. The van der Waals surface area contributed by atoms with E-state index in [-0.39, 0.29) is 16.2 Å². The van der Waals surface area contributed by atoms with Crippen LogP contribution in [0.25, 0.3) is 21.1 Å². The van der Waals surface area contributed by atoms with E-state index >= 15 is 0 Å². The van der Waals surface area contributed by atoms with Crippen LogP contribution < -0.4 is 10.1 Å². The van der Waals surface area contributed by atoms with Crippen molar-refractivity contribution in [2.24, 2.45) is 0 Å². The van der Waals surface area contributed by atoms with E-state index in [9.17, 15) is 13.2 Å². The van der Waals surface area contributed by atoms with Crippen molar-refractivity contribution in [3.63, 3.8) is 0 Å². The third-order valence-corrected chi connectivity index (χ3v) is 8.58. The van der Waals surface area contributed by atoms with Gasteiger partial charge in [0.2, 0.25) is 0 Å². The number of nitrogens with zero attached hydrogens (tertiary/aromatic N) is 3. The number of fused-ring (bicyclic) bond motifs is 2. The van der Waals surface area contributed by atoms with Crippen molar-refractivity contribution in [1.29, 1.82) is 0 Å². The predicted molar refractivity (Wildman–Crippen MR) is 136 cm³/mol. The summed E-state index contributed by atoms with van der Waals surface area (Å²) in [6.07, 6.45) is 2.54. The van der Waals surface area contributed by atoms with Crippen LogP contribution in [-0.4, -0.2) is 41.2 Å². The maximum atomic E-state index is 13.5. The smallest absolute Gasteiger partial charge is 0.336 e. The van der Waals surface area contributed by atoms with E-state index in [4.69, 9.17) is 4.74 Å². The Morgan fingerprint density at radius 1 is 1.09 bits per heavy atom. The number of anilines is 2. The van der Waals surface area contributed by atoms with Crippen molar-refractivity contribution in [1.82, 2.24) is 15.0 Å². The number of esters is 1. The molecule has 2 aromatic heterocycles. The number of hydrogen-bond donors (Lipinski definition) is 1. The Labute approximate surface area is 206 Å². The minimum atomic E-state index is -3.85. The Hall–Kier alpha value is -3.57. The van der Waals surface area contributed by atoms with Gasteiger partial charge >= 0.3 is 5.97 Å². The predicted octanol–water partition coefficient (Wildman–Crippen LogP) is 5.01. The zero-order valence-corrected chi connectivity index (χ0v) is 21.5. The second-order valence-corrected chi connectivity index (χ2v) is 12.3. The first-order valence-electron chi connectivity index (χ1n) is 10.6.